The molecule has 2 aromatic carbocycles. The molecule has 0 atom stereocenters. The van der Waals surface area contributed by atoms with Crippen molar-refractivity contribution in [2.45, 2.75) is 32.9 Å². The summed E-state index contributed by atoms with van der Waals surface area (Å²) < 4.78 is 49.2. The van der Waals surface area contributed by atoms with Gasteiger partial charge in [0, 0.05) is 16.9 Å². The Morgan fingerprint density at radius 3 is 2.44 bits per heavy atom. The number of hydrogen-bond donors (Lipinski definition) is 1. The monoisotopic (exact) mass is 465 g/mol. The lowest BCUT2D eigenvalue weighted by atomic mass is 10.1. The van der Waals surface area contributed by atoms with E-state index in [0.717, 1.165) is 34.0 Å². The highest BCUT2D eigenvalue weighted by Crippen LogP contribution is 2.33. The van der Waals surface area contributed by atoms with Crippen molar-refractivity contribution in [1.82, 2.24) is 4.98 Å². The van der Waals surface area contributed by atoms with Crippen LogP contribution >= 0.6 is 11.3 Å². The predicted molar refractivity (Wildman–Crippen MR) is 115 cm³/mol. The third-order valence-electron chi connectivity index (χ3n) is 4.63. The maximum Gasteiger partial charge on any atom is 0.416 e. The highest BCUT2D eigenvalue weighted by Gasteiger charge is 2.30. The molecule has 9 heteroatoms. The number of alkyl halides is 3. The topological polar surface area (TPSA) is 68.7 Å². The Morgan fingerprint density at radius 1 is 1.09 bits per heavy atom. The number of nitrogens with zero attached hydrogens (tertiary/aromatic N) is 1. The van der Waals surface area contributed by atoms with Crippen LogP contribution in [0.2, 0.25) is 0 Å². The summed E-state index contributed by atoms with van der Waals surface area (Å²) in [5, 5.41) is 9.58. The van der Waals surface area contributed by atoms with Crippen LogP contribution in [-0.2, 0) is 17.4 Å². The lowest BCUT2D eigenvalue weighted by molar-refractivity contribution is -0.139. The smallest absolute Gasteiger partial charge is 0.416 e. The Labute approximate surface area is 187 Å². The minimum absolute atomic E-state index is 0.400. The van der Waals surface area contributed by atoms with Gasteiger partial charge in [0.15, 0.2) is 6.61 Å². The van der Waals surface area contributed by atoms with Crippen LogP contribution in [0.1, 0.15) is 27.4 Å². The second-order valence-electron chi connectivity index (χ2n) is 7.15. The van der Waals surface area contributed by atoms with Gasteiger partial charge in [0.25, 0.3) is 0 Å². The number of benzene rings is 2. The number of aliphatic carboxylic acids is 1. The van der Waals surface area contributed by atoms with Crippen molar-refractivity contribution in [3.63, 3.8) is 0 Å². The number of rotatable bonds is 9. The van der Waals surface area contributed by atoms with Gasteiger partial charge in [-0.1, -0.05) is 12.1 Å². The van der Waals surface area contributed by atoms with E-state index in [1.807, 2.05) is 13.8 Å². The van der Waals surface area contributed by atoms with Gasteiger partial charge in [-0.3, -0.25) is 0 Å². The normalized spacial score (nSPS) is 11.4. The van der Waals surface area contributed by atoms with E-state index < -0.39 is 24.3 Å². The maximum atomic E-state index is 12.8. The number of hydrogen-bond acceptors (Lipinski definition) is 5. The third kappa shape index (κ3) is 6.23. The minimum atomic E-state index is -4.36. The zero-order valence-corrected chi connectivity index (χ0v) is 18.3. The molecule has 0 saturated carbocycles. The number of carboxylic acids is 1. The first-order valence-electron chi connectivity index (χ1n) is 9.85. The first-order chi connectivity index (χ1) is 15.1. The quantitative estimate of drug-likeness (QED) is 0.397. The summed E-state index contributed by atoms with van der Waals surface area (Å²) >= 11 is 1.52. The van der Waals surface area contributed by atoms with Crippen LogP contribution in [0, 0.1) is 13.8 Å². The van der Waals surface area contributed by atoms with Gasteiger partial charge in [-0.25, -0.2) is 9.78 Å². The molecule has 0 bridgehead atoms. The average Bonchev–Trinajstić information content (AvgIpc) is 3.10. The number of ether oxygens (including phenoxy) is 2. The molecule has 0 unspecified atom stereocenters. The fraction of sp³-hybridized carbons (Fsp3) is 0.304. The Hall–Kier alpha value is -3.07. The molecule has 3 aromatic rings. The molecular weight excluding hydrogens is 443 g/mol. The average molecular weight is 465 g/mol. The summed E-state index contributed by atoms with van der Waals surface area (Å²) in [6, 6.07) is 10.2. The molecule has 0 spiro atoms. The van der Waals surface area contributed by atoms with Crippen molar-refractivity contribution in [3.05, 3.63) is 63.5 Å². The Bertz CT molecular complexity index is 1080. The van der Waals surface area contributed by atoms with Crippen molar-refractivity contribution < 1.29 is 32.5 Å². The van der Waals surface area contributed by atoms with Crippen LogP contribution in [0.3, 0.4) is 0 Å². The van der Waals surface area contributed by atoms with E-state index in [1.165, 1.54) is 23.5 Å². The first kappa shape index (κ1) is 23.6. The Kier molecular flexibility index (Phi) is 7.40. The summed E-state index contributed by atoms with van der Waals surface area (Å²) in [6.07, 6.45) is -2.95. The van der Waals surface area contributed by atoms with Gasteiger partial charge in [-0.05, 0) is 56.2 Å². The molecule has 0 aliphatic carbocycles. The molecule has 0 aliphatic heterocycles. The number of halogens is 3. The van der Waals surface area contributed by atoms with Crippen molar-refractivity contribution >= 4 is 17.3 Å². The predicted octanol–water partition coefficient (Wildman–Crippen LogP) is 5.92. The highest BCUT2D eigenvalue weighted by molar-refractivity contribution is 7.12. The van der Waals surface area contributed by atoms with E-state index in [-0.39, 0.29) is 0 Å². The lowest BCUT2D eigenvalue weighted by Gasteiger charge is -2.10. The molecule has 0 aliphatic rings. The molecule has 170 valence electrons. The van der Waals surface area contributed by atoms with Crippen LogP contribution < -0.4 is 9.47 Å². The zero-order valence-electron chi connectivity index (χ0n) is 17.5. The van der Waals surface area contributed by atoms with Gasteiger partial charge in [0.2, 0.25) is 0 Å². The largest absolute Gasteiger partial charge is 0.494 e. The van der Waals surface area contributed by atoms with Gasteiger partial charge in [0.05, 0.1) is 22.9 Å². The van der Waals surface area contributed by atoms with Crippen molar-refractivity contribution in [2.75, 3.05) is 13.2 Å². The van der Waals surface area contributed by atoms with Gasteiger partial charge >= 0.3 is 12.1 Å². The van der Waals surface area contributed by atoms with E-state index in [4.69, 9.17) is 14.6 Å². The van der Waals surface area contributed by atoms with Crippen molar-refractivity contribution in [2.24, 2.45) is 0 Å². The number of aryl methyl sites for hydroxylation is 3. The van der Waals surface area contributed by atoms with Crippen molar-refractivity contribution in [3.8, 4) is 22.8 Å². The number of aromatic nitrogens is 1. The van der Waals surface area contributed by atoms with Crippen LogP contribution in [0.4, 0.5) is 13.2 Å². The van der Waals surface area contributed by atoms with Crippen LogP contribution in [0.5, 0.6) is 11.5 Å². The zero-order chi connectivity index (χ0) is 23.3. The minimum Gasteiger partial charge on any atom is -0.494 e. The van der Waals surface area contributed by atoms with Gasteiger partial charge in [-0.15, -0.1) is 11.3 Å². The molecule has 32 heavy (non-hydrogen) atoms. The van der Waals surface area contributed by atoms with Crippen molar-refractivity contribution in [1.29, 1.82) is 0 Å². The molecule has 1 aromatic heterocycles. The lowest BCUT2D eigenvalue weighted by Crippen LogP contribution is -2.10. The fourth-order valence-corrected chi connectivity index (χ4v) is 4.07. The van der Waals surface area contributed by atoms with E-state index >= 15 is 0 Å². The van der Waals surface area contributed by atoms with E-state index in [2.05, 4.69) is 4.98 Å². The molecule has 5 nitrogen and oxygen atoms in total. The molecule has 0 saturated heterocycles. The molecule has 0 fully saturated rings. The summed E-state index contributed by atoms with van der Waals surface area (Å²) in [6.45, 7) is 3.78. The third-order valence-corrected chi connectivity index (χ3v) is 5.66. The summed E-state index contributed by atoms with van der Waals surface area (Å²) in [7, 11) is 0. The SMILES string of the molecule is Cc1cc(OCCCc2nc(-c3ccc(C(F)(F)F)cc3)c(C)s2)ccc1OCC(=O)O. The highest BCUT2D eigenvalue weighted by atomic mass is 32.1. The molecule has 0 amide bonds. The second kappa shape index (κ2) is 10.0. The summed E-state index contributed by atoms with van der Waals surface area (Å²) in [5.74, 6) is 0.114. The van der Waals surface area contributed by atoms with E-state index in [1.54, 1.807) is 18.2 Å². The van der Waals surface area contributed by atoms with E-state index in [9.17, 15) is 18.0 Å². The number of carboxylic acid groups (broad SMARTS) is 1. The molecular formula is C23H22F3NO4S. The van der Waals surface area contributed by atoms with Crippen LogP contribution in [0.15, 0.2) is 42.5 Å². The van der Waals surface area contributed by atoms with E-state index in [0.29, 0.717) is 35.8 Å². The fourth-order valence-electron chi connectivity index (χ4n) is 3.07. The maximum absolute atomic E-state index is 12.8. The summed E-state index contributed by atoms with van der Waals surface area (Å²) in [5.41, 5.74) is 1.46. The van der Waals surface area contributed by atoms with Gasteiger partial charge in [-0.2, -0.15) is 13.2 Å². The molecule has 1 heterocycles. The standard InChI is InChI=1S/C23H22F3NO4S/c1-14-12-18(9-10-19(14)31-13-21(28)29)30-11-3-4-20-27-22(15(2)32-20)16-5-7-17(8-6-16)23(24,25)26/h5-10,12H,3-4,11,13H2,1-2H3,(H,28,29). The number of thiazole rings is 1. The van der Waals surface area contributed by atoms with Crippen LogP contribution in [-0.4, -0.2) is 29.3 Å². The second-order valence-corrected chi connectivity index (χ2v) is 8.44. The molecule has 3 rings (SSSR count). The molecule has 1 N–H and O–H groups in total. The Balaban J connectivity index is 1.53. The molecule has 0 radical (unpaired) electrons. The number of carbonyl (C=O) groups is 1. The first-order valence-corrected chi connectivity index (χ1v) is 10.7. The van der Waals surface area contributed by atoms with Gasteiger partial charge < -0.3 is 14.6 Å². The summed E-state index contributed by atoms with van der Waals surface area (Å²) in [4.78, 5) is 16.1. The Morgan fingerprint density at radius 2 is 1.81 bits per heavy atom. The van der Waals surface area contributed by atoms with Gasteiger partial charge in [0.1, 0.15) is 11.5 Å². The van der Waals surface area contributed by atoms with Crippen LogP contribution in [0.25, 0.3) is 11.3 Å².